The molecule has 3 N–H and O–H groups in total. The second-order valence-electron chi connectivity index (χ2n) is 8.22. The Bertz CT molecular complexity index is 1100. The van der Waals surface area contributed by atoms with Crippen LogP contribution in [-0.4, -0.2) is 47.5 Å². The molecule has 162 valence electrons. The van der Waals surface area contributed by atoms with Crippen molar-refractivity contribution in [2.75, 3.05) is 31.1 Å². The number of ether oxygens (including phenoxy) is 1. The van der Waals surface area contributed by atoms with Crippen LogP contribution in [0.2, 0.25) is 0 Å². The molecule has 1 aromatic heterocycles. The highest BCUT2D eigenvalue weighted by Gasteiger charge is 2.51. The topological polar surface area (TPSA) is 97.8 Å². The van der Waals surface area contributed by atoms with E-state index in [1.165, 1.54) is 10.8 Å². The van der Waals surface area contributed by atoms with E-state index in [1.807, 2.05) is 0 Å². The molecule has 2 atom stereocenters. The predicted molar refractivity (Wildman–Crippen MR) is 109 cm³/mol. The van der Waals surface area contributed by atoms with Gasteiger partial charge in [-0.2, -0.15) is 0 Å². The molecule has 3 aliphatic rings. The third-order valence-corrected chi connectivity index (χ3v) is 6.52. The van der Waals surface area contributed by atoms with Crippen LogP contribution >= 0.6 is 12.4 Å². The number of carbonyl (C=O) groups is 1. The molecule has 0 bridgehead atoms. The van der Waals surface area contributed by atoms with Crippen LogP contribution in [-0.2, 0) is 4.74 Å². The Morgan fingerprint density at radius 3 is 2.67 bits per heavy atom. The molecular weight excluding hydrogens is 420 g/mol. The van der Waals surface area contributed by atoms with Crippen LogP contribution in [0.3, 0.4) is 0 Å². The molecule has 30 heavy (non-hydrogen) atoms. The van der Waals surface area contributed by atoms with Crippen LogP contribution in [0.15, 0.2) is 17.1 Å². The van der Waals surface area contributed by atoms with E-state index in [2.05, 4.69) is 0 Å². The van der Waals surface area contributed by atoms with E-state index in [1.54, 1.807) is 4.90 Å². The Hall–Kier alpha value is -2.23. The highest BCUT2D eigenvalue weighted by Crippen LogP contribution is 2.44. The number of rotatable bonds is 4. The van der Waals surface area contributed by atoms with E-state index >= 15 is 8.78 Å². The second-order valence-corrected chi connectivity index (χ2v) is 8.22. The van der Waals surface area contributed by atoms with Gasteiger partial charge in [0.05, 0.1) is 10.9 Å². The number of nitrogens with two attached hydrogens (primary N) is 1. The monoisotopic (exact) mass is 441 g/mol. The third kappa shape index (κ3) is 2.91. The molecule has 0 radical (unpaired) electrons. The molecule has 2 aromatic rings. The molecule has 10 heteroatoms. The number of fused-ring (bicyclic) bond motifs is 2. The Morgan fingerprint density at radius 2 is 2.07 bits per heavy atom. The third-order valence-electron chi connectivity index (χ3n) is 6.52. The summed E-state index contributed by atoms with van der Waals surface area (Å²) >= 11 is 0. The van der Waals surface area contributed by atoms with Gasteiger partial charge in [0.1, 0.15) is 22.7 Å². The number of carboxylic acids is 1. The van der Waals surface area contributed by atoms with Crippen molar-refractivity contribution in [3.8, 4) is 0 Å². The zero-order valence-corrected chi connectivity index (χ0v) is 16.9. The lowest BCUT2D eigenvalue weighted by Crippen LogP contribution is -2.44. The minimum atomic E-state index is -1.41. The predicted octanol–water partition coefficient (Wildman–Crippen LogP) is 2.29. The van der Waals surface area contributed by atoms with Crippen molar-refractivity contribution in [3.05, 3.63) is 39.7 Å². The number of nitrogens with zero attached hydrogens (tertiary/aromatic N) is 2. The van der Waals surface area contributed by atoms with Crippen molar-refractivity contribution in [2.24, 2.45) is 11.7 Å². The summed E-state index contributed by atoms with van der Waals surface area (Å²) in [6.07, 6.45) is 3.45. The summed E-state index contributed by atoms with van der Waals surface area (Å²) in [5.74, 6) is -3.05. The smallest absolute Gasteiger partial charge is 0.341 e. The molecule has 5 rings (SSSR count). The van der Waals surface area contributed by atoms with E-state index in [-0.39, 0.29) is 54.0 Å². The molecule has 3 fully saturated rings. The molecule has 1 aromatic carbocycles. The maximum absolute atomic E-state index is 15.7. The Balaban J connectivity index is 0.00000218. The van der Waals surface area contributed by atoms with Crippen LogP contribution < -0.4 is 16.1 Å². The summed E-state index contributed by atoms with van der Waals surface area (Å²) in [5.41, 5.74) is 3.68. The summed E-state index contributed by atoms with van der Waals surface area (Å²) in [5, 5.41) is 9.08. The molecule has 7 nitrogen and oxygen atoms in total. The van der Waals surface area contributed by atoms with Crippen molar-refractivity contribution in [1.82, 2.24) is 4.57 Å². The standard InChI is InChI=1S/C20H21F2N3O4.ClH/c21-14-5-12-16(25(11-1-2-11)7-13(18(12)26)19(27)28)15(22)17(14)24-6-10-3-4-29-20(10,8-23)9-24;/h5,7,10-11H,1-4,6,8-9,23H2,(H,27,28);1H/t10-,20+;/m1./s1. The van der Waals surface area contributed by atoms with Gasteiger partial charge in [0.25, 0.3) is 0 Å². The van der Waals surface area contributed by atoms with Crippen LogP contribution in [0.5, 0.6) is 0 Å². The average Bonchev–Trinajstić information content (AvgIpc) is 3.34. The molecule has 1 saturated carbocycles. The van der Waals surface area contributed by atoms with Gasteiger partial charge in [0.15, 0.2) is 5.82 Å². The molecule has 3 heterocycles. The van der Waals surface area contributed by atoms with Gasteiger partial charge < -0.3 is 25.0 Å². The maximum Gasteiger partial charge on any atom is 0.341 e. The lowest BCUT2D eigenvalue weighted by atomic mass is 9.91. The zero-order chi connectivity index (χ0) is 20.5. The fourth-order valence-corrected chi connectivity index (χ4v) is 4.85. The highest BCUT2D eigenvalue weighted by molar-refractivity contribution is 5.94. The Morgan fingerprint density at radius 1 is 1.33 bits per heavy atom. The number of carboxylic acid groups (broad SMARTS) is 1. The number of halogens is 3. The van der Waals surface area contributed by atoms with Crippen LogP contribution in [0.1, 0.15) is 35.7 Å². The summed E-state index contributed by atoms with van der Waals surface area (Å²) in [6, 6.07) is 0.867. The quantitative estimate of drug-likeness (QED) is 0.755. The van der Waals surface area contributed by atoms with Crippen molar-refractivity contribution in [3.63, 3.8) is 0 Å². The van der Waals surface area contributed by atoms with Crippen molar-refractivity contribution in [2.45, 2.75) is 30.9 Å². The van der Waals surface area contributed by atoms with Gasteiger partial charge in [-0.15, -0.1) is 12.4 Å². The van der Waals surface area contributed by atoms with Crippen molar-refractivity contribution in [1.29, 1.82) is 0 Å². The fourth-order valence-electron chi connectivity index (χ4n) is 4.85. The van der Waals surface area contributed by atoms with Gasteiger partial charge in [-0.05, 0) is 25.3 Å². The first-order valence-electron chi connectivity index (χ1n) is 9.75. The summed E-state index contributed by atoms with van der Waals surface area (Å²) in [6.45, 7) is 1.53. The first kappa shape index (κ1) is 21.0. The Kier molecular flexibility index (Phi) is 5.03. The molecule has 0 spiro atoms. The first-order chi connectivity index (χ1) is 13.9. The van der Waals surface area contributed by atoms with Crippen molar-refractivity contribution < 1.29 is 23.4 Å². The minimum Gasteiger partial charge on any atom is -0.477 e. The van der Waals surface area contributed by atoms with Crippen LogP contribution in [0.25, 0.3) is 10.9 Å². The number of aromatic nitrogens is 1. The minimum absolute atomic E-state index is 0. The number of anilines is 1. The number of aromatic carboxylic acids is 1. The summed E-state index contributed by atoms with van der Waals surface area (Å²) in [7, 11) is 0. The van der Waals surface area contributed by atoms with Gasteiger partial charge in [-0.1, -0.05) is 0 Å². The van der Waals surface area contributed by atoms with E-state index in [9.17, 15) is 14.7 Å². The van der Waals surface area contributed by atoms with Gasteiger partial charge in [-0.3, -0.25) is 4.79 Å². The summed E-state index contributed by atoms with van der Waals surface area (Å²) in [4.78, 5) is 25.6. The average molecular weight is 442 g/mol. The zero-order valence-electron chi connectivity index (χ0n) is 16.1. The van der Waals surface area contributed by atoms with Crippen LogP contribution in [0.4, 0.5) is 14.5 Å². The number of pyridine rings is 1. The Labute approximate surface area is 176 Å². The molecular formula is C20H22ClF2N3O4. The lowest BCUT2D eigenvalue weighted by molar-refractivity contribution is 0.0126. The molecule has 2 aliphatic heterocycles. The normalized spacial score (nSPS) is 25.4. The maximum atomic E-state index is 15.7. The van der Waals surface area contributed by atoms with E-state index in [4.69, 9.17) is 10.5 Å². The van der Waals surface area contributed by atoms with Crippen LogP contribution in [0, 0.1) is 17.6 Å². The summed E-state index contributed by atoms with van der Waals surface area (Å²) < 4.78 is 38.0. The molecule has 2 saturated heterocycles. The van der Waals surface area contributed by atoms with Gasteiger partial charge >= 0.3 is 5.97 Å². The van der Waals surface area contributed by atoms with Crippen molar-refractivity contribution >= 4 is 35.0 Å². The van der Waals surface area contributed by atoms with Gasteiger partial charge in [0, 0.05) is 44.4 Å². The van der Waals surface area contributed by atoms with E-state index in [0.29, 0.717) is 13.2 Å². The van der Waals surface area contributed by atoms with E-state index in [0.717, 1.165) is 25.3 Å². The lowest BCUT2D eigenvalue weighted by Gasteiger charge is -2.27. The van der Waals surface area contributed by atoms with E-state index < -0.39 is 34.2 Å². The van der Waals surface area contributed by atoms with Gasteiger partial charge in [0.2, 0.25) is 5.43 Å². The number of hydrogen-bond donors (Lipinski definition) is 2. The molecule has 0 amide bonds. The number of hydrogen-bond acceptors (Lipinski definition) is 5. The first-order valence-corrected chi connectivity index (χ1v) is 9.75. The fraction of sp³-hybridized carbons (Fsp3) is 0.500. The highest BCUT2D eigenvalue weighted by atomic mass is 35.5. The number of benzene rings is 1. The largest absolute Gasteiger partial charge is 0.477 e. The second kappa shape index (κ2) is 7.18. The molecule has 1 aliphatic carbocycles. The van der Waals surface area contributed by atoms with Gasteiger partial charge in [-0.25, -0.2) is 13.6 Å². The molecule has 0 unspecified atom stereocenters. The SMILES string of the molecule is Cl.NC[C@]12CN(c3c(F)cc4c(=O)c(C(=O)O)cn(C5CC5)c4c3F)C[C@H]1CCO2.